The highest BCUT2D eigenvalue weighted by Crippen LogP contribution is 2.39. The second-order valence-electron chi connectivity index (χ2n) is 7.64. The van der Waals surface area contributed by atoms with Crippen LogP contribution in [0.4, 0.5) is 0 Å². The van der Waals surface area contributed by atoms with Gasteiger partial charge in [-0.3, -0.25) is 9.63 Å². The number of carbonyl (C=O) groups is 2. The Morgan fingerprint density at radius 2 is 1.64 bits per heavy atom. The minimum absolute atomic E-state index is 0.174. The van der Waals surface area contributed by atoms with Crippen molar-refractivity contribution in [2.24, 2.45) is 0 Å². The summed E-state index contributed by atoms with van der Waals surface area (Å²) in [6.07, 6.45) is 3.45. The van der Waals surface area contributed by atoms with Gasteiger partial charge in [0.25, 0.3) is 0 Å². The van der Waals surface area contributed by atoms with Gasteiger partial charge in [-0.2, -0.15) is 5.06 Å². The fourth-order valence-electron chi connectivity index (χ4n) is 3.17. The van der Waals surface area contributed by atoms with Crippen LogP contribution in [0.15, 0.2) is 0 Å². The van der Waals surface area contributed by atoms with Crippen LogP contribution in [0.2, 0.25) is 0 Å². The zero-order valence-corrected chi connectivity index (χ0v) is 17.3. The molecule has 8 heteroatoms. The minimum Gasteiger partial charge on any atom is -0.481 e. The van der Waals surface area contributed by atoms with Gasteiger partial charge in [0, 0.05) is 29.0 Å². The first-order valence-corrected chi connectivity index (χ1v) is 11.2. The van der Waals surface area contributed by atoms with Gasteiger partial charge >= 0.3 is 11.9 Å². The zero-order chi connectivity index (χ0) is 19.1. The standard InChI is InChI=1S/C17H31NO5S2/c1-16(2)9-6-10-17(3,4)18(16)23-13(15(21)22)8-12-25-24-11-5-7-14(19)20/h13H,5-12H2,1-4H3,(H,19,20)(H,21,22). The maximum Gasteiger partial charge on any atom is 0.335 e. The molecular weight excluding hydrogens is 362 g/mol. The molecule has 0 spiro atoms. The highest BCUT2D eigenvalue weighted by atomic mass is 33.1. The second-order valence-corrected chi connectivity index (χ2v) is 10.3. The molecule has 2 N–H and O–H groups in total. The van der Waals surface area contributed by atoms with E-state index >= 15 is 0 Å². The number of aliphatic carboxylic acids is 2. The summed E-state index contributed by atoms with van der Waals surface area (Å²) in [6, 6.07) is 0. The van der Waals surface area contributed by atoms with Crippen LogP contribution in [-0.4, -0.2) is 55.9 Å². The van der Waals surface area contributed by atoms with Crippen LogP contribution >= 0.6 is 21.6 Å². The average Bonchev–Trinajstić information content (AvgIpc) is 2.46. The molecule has 1 rings (SSSR count). The lowest BCUT2D eigenvalue weighted by Gasteiger charge is -2.52. The maximum absolute atomic E-state index is 11.6. The van der Waals surface area contributed by atoms with E-state index in [0.717, 1.165) is 25.0 Å². The zero-order valence-electron chi connectivity index (χ0n) is 15.6. The summed E-state index contributed by atoms with van der Waals surface area (Å²) in [5.74, 6) is -0.309. The van der Waals surface area contributed by atoms with Crippen molar-refractivity contribution in [1.29, 1.82) is 0 Å². The molecule has 0 aromatic rings. The third kappa shape index (κ3) is 7.76. The molecular formula is C17H31NO5S2. The van der Waals surface area contributed by atoms with Crippen LogP contribution < -0.4 is 0 Å². The summed E-state index contributed by atoms with van der Waals surface area (Å²) in [7, 11) is 3.16. The van der Waals surface area contributed by atoms with Crippen LogP contribution in [0.1, 0.15) is 66.2 Å². The Kier molecular flexibility index (Phi) is 9.08. The number of carboxylic acid groups (broad SMARTS) is 2. The van der Waals surface area contributed by atoms with Gasteiger partial charge in [0.1, 0.15) is 0 Å². The van der Waals surface area contributed by atoms with E-state index in [2.05, 4.69) is 27.7 Å². The van der Waals surface area contributed by atoms with Crippen molar-refractivity contribution in [3.63, 3.8) is 0 Å². The lowest BCUT2D eigenvalue weighted by Crippen LogP contribution is -2.59. The summed E-state index contributed by atoms with van der Waals surface area (Å²) in [5.41, 5.74) is -0.373. The second kappa shape index (κ2) is 10.0. The number of rotatable bonds is 11. The molecule has 0 saturated carbocycles. The molecule has 1 aliphatic rings. The topological polar surface area (TPSA) is 87.1 Å². The number of piperidine rings is 1. The first-order valence-electron chi connectivity index (χ1n) is 8.72. The van der Waals surface area contributed by atoms with Gasteiger partial charge in [-0.05, 0) is 59.8 Å². The van der Waals surface area contributed by atoms with E-state index in [4.69, 9.17) is 9.94 Å². The molecule has 1 aliphatic heterocycles. The summed E-state index contributed by atoms with van der Waals surface area (Å²) < 4.78 is 0. The van der Waals surface area contributed by atoms with E-state index in [1.165, 1.54) is 0 Å². The number of hydrogen-bond donors (Lipinski definition) is 2. The summed E-state index contributed by atoms with van der Waals surface area (Å²) in [4.78, 5) is 28.0. The predicted octanol–water partition coefficient (Wildman–Crippen LogP) is 4.05. The molecule has 6 nitrogen and oxygen atoms in total. The monoisotopic (exact) mass is 393 g/mol. The Hall–Kier alpha value is -0.440. The van der Waals surface area contributed by atoms with Gasteiger partial charge in [-0.25, -0.2) is 4.79 Å². The third-order valence-electron chi connectivity index (χ3n) is 4.35. The van der Waals surface area contributed by atoms with Crippen LogP contribution in [0, 0.1) is 0 Å². The normalized spacial score (nSPS) is 21.0. The summed E-state index contributed by atoms with van der Waals surface area (Å²) >= 11 is 0. The summed E-state index contributed by atoms with van der Waals surface area (Å²) in [6.45, 7) is 8.39. The van der Waals surface area contributed by atoms with Gasteiger partial charge in [0.15, 0.2) is 6.10 Å². The van der Waals surface area contributed by atoms with Crippen molar-refractivity contribution >= 4 is 33.5 Å². The van der Waals surface area contributed by atoms with Crippen LogP contribution in [-0.2, 0) is 14.4 Å². The van der Waals surface area contributed by atoms with Crippen LogP contribution in [0.3, 0.4) is 0 Å². The molecule has 25 heavy (non-hydrogen) atoms. The molecule has 1 heterocycles. The highest BCUT2D eigenvalue weighted by molar-refractivity contribution is 8.76. The fraction of sp³-hybridized carbons (Fsp3) is 0.882. The molecule has 0 radical (unpaired) electrons. The third-order valence-corrected chi connectivity index (χ3v) is 6.87. The lowest BCUT2D eigenvalue weighted by atomic mass is 9.82. The largest absolute Gasteiger partial charge is 0.481 e. The van der Waals surface area contributed by atoms with Crippen LogP contribution in [0.5, 0.6) is 0 Å². The van der Waals surface area contributed by atoms with Gasteiger partial charge in [-0.1, -0.05) is 21.6 Å². The quantitative estimate of drug-likeness (QED) is 0.401. The first kappa shape index (κ1) is 22.6. The van der Waals surface area contributed by atoms with Crippen molar-refractivity contribution in [2.45, 2.75) is 83.4 Å². The molecule has 0 aromatic heterocycles. The minimum atomic E-state index is -0.936. The van der Waals surface area contributed by atoms with Crippen molar-refractivity contribution in [1.82, 2.24) is 5.06 Å². The Labute approximate surface area is 158 Å². The predicted molar refractivity (Wildman–Crippen MR) is 103 cm³/mol. The molecule has 146 valence electrons. The Morgan fingerprint density at radius 3 is 2.16 bits per heavy atom. The Bertz CT molecular complexity index is 440. The highest BCUT2D eigenvalue weighted by Gasteiger charge is 2.44. The van der Waals surface area contributed by atoms with E-state index in [1.54, 1.807) is 21.6 Å². The number of hydroxylamine groups is 2. The lowest BCUT2D eigenvalue weighted by molar-refractivity contribution is -0.301. The van der Waals surface area contributed by atoms with E-state index in [1.807, 2.05) is 5.06 Å². The van der Waals surface area contributed by atoms with Crippen molar-refractivity contribution in [3.8, 4) is 0 Å². The first-order chi connectivity index (χ1) is 11.6. The molecule has 0 aliphatic carbocycles. The average molecular weight is 394 g/mol. The molecule has 1 fully saturated rings. The fourth-order valence-corrected chi connectivity index (χ4v) is 5.32. The van der Waals surface area contributed by atoms with Gasteiger partial charge in [0.05, 0.1) is 0 Å². The van der Waals surface area contributed by atoms with Gasteiger partial charge in [-0.15, -0.1) is 0 Å². The molecule has 0 bridgehead atoms. The Morgan fingerprint density at radius 1 is 1.08 bits per heavy atom. The SMILES string of the molecule is CC1(C)CCCC(C)(C)N1OC(CCSSCCCC(=O)O)C(=O)O. The molecule has 1 atom stereocenters. The number of nitrogens with zero attached hydrogens (tertiary/aromatic N) is 1. The van der Waals surface area contributed by atoms with Crippen molar-refractivity contribution < 1.29 is 24.6 Å². The van der Waals surface area contributed by atoms with E-state index in [9.17, 15) is 14.7 Å². The van der Waals surface area contributed by atoms with Crippen molar-refractivity contribution in [3.05, 3.63) is 0 Å². The molecule has 1 unspecified atom stereocenters. The molecule has 0 aromatic carbocycles. The van der Waals surface area contributed by atoms with Gasteiger partial charge < -0.3 is 10.2 Å². The Balaban J connectivity index is 2.46. The molecule has 0 amide bonds. The van der Waals surface area contributed by atoms with E-state index < -0.39 is 18.0 Å². The summed E-state index contributed by atoms with van der Waals surface area (Å²) in [5, 5.41) is 20.0. The van der Waals surface area contributed by atoms with E-state index in [0.29, 0.717) is 18.6 Å². The maximum atomic E-state index is 11.6. The smallest absolute Gasteiger partial charge is 0.335 e. The number of hydrogen-bond acceptors (Lipinski definition) is 6. The van der Waals surface area contributed by atoms with Gasteiger partial charge in [0.2, 0.25) is 0 Å². The number of carboxylic acids is 2. The molecule has 1 saturated heterocycles. The van der Waals surface area contributed by atoms with Crippen molar-refractivity contribution in [2.75, 3.05) is 11.5 Å². The van der Waals surface area contributed by atoms with Crippen LogP contribution in [0.25, 0.3) is 0 Å². The van der Waals surface area contributed by atoms with E-state index in [-0.39, 0.29) is 17.5 Å².